The maximum absolute atomic E-state index is 12.4. The average Bonchev–Trinajstić information content (AvgIpc) is 3.42. The number of carbonyl (C=O) groups is 1. The first-order valence-electron chi connectivity index (χ1n) is 10.3. The van der Waals surface area contributed by atoms with Gasteiger partial charge in [0.2, 0.25) is 0 Å². The molecule has 1 saturated carbocycles. The van der Waals surface area contributed by atoms with Gasteiger partial charge in [-0.2, -0.15) is 5.10 Å². The van der Waals surface area contributed by atoms with Crippen molar-refractivity contribution in [3.05, 3.63) is 60.3 Å². The van der Waals surface area contributed by atoms with Gasteiger partial charge in [-0.3, -0.25) is 10.4 Å². The number of nitrogens with one attached hydrogen (secondary N) is 3. The van der Waals surface area contributed by atoms with E-state index in [9.17, 15) is 4.79 Å². The highest BCUT2D eigenvalue weighted by molar-refractivity contribution is 5.99. The number of anilines is 2. The fourth-order valence-electron chi connectivity index (χ4n) is 4.05. The van der Waals surface area contributed by atoms with E-state index in [1.807, 2.05) is 54.6 Å². The SMILES string of the molecule is O=C(Nc1ccc(-n2nnc3ccccc32)cc1)Nc1cc(C2CCCCC2)[nH]n1. The number of benzene rings is 2. The molecule has 152 valence electrons. The second kappa shape index (κ2) is 7.98. The van der Waals surface area contributed by atoms with Gasteiger partial charge in [0.15, 0.2) is 5.82 Å². The summed E-state index contributed by atoms with van der Waals surface area (Å²) in [7, 11) is 0. The third kappa shape index (κ3) is 3.76. The van der Waals surface area contributed by atoms with E-state index < -0.39 is 0 Å². The van der Waals surface area contributed by atoms with Gasteiger partial charge in [-0.05, 0) is 49.2 Å². The molecule has 1 fully saturated rings. The zero-order valence-corrected chi connectivity index (χ0v) is 16.5. The van der Waals surface area contributed by atoms with Gasteiger partial charge in [0.05, 0.1) is 11.2 Å². The maximum Gasteiger partial charge on any atom is 0.324 e. The molecule has 0 radical (unpaired) electrons. The van der Waals surface area contributed by atoms with Crippen LogP contribution in [-0.4, -0.2) is 31.2 Å². The highest BCUT2D eigenvalue weighted by atomic mass is 16.2. The summed E-state index contributed by atoms with van der Waals surface area (Å²) in [5, 5.41) is 21.3. The van der Waals surface area contributed by atoms with Crippen LogP contribution in [0.5, 0.6) is 0 Å². The quantitative estimate of drug-likeness (QED) is 0.456. The van der Waals surface area contributed by atoms with Crippen molar-refractivity contribution in [1.29, 1.82) is 0 Å². The smallest absolute Gasteiger partial charge is 0.308 e. The van der Waals surface area contributed by atoms with E-state index in [0.717, 1.165) is 22.4 Å². The number of aromatic nitrogens is 5. The van der Waals surface area contributed by atoms with Crippen LogP contribution in [0.1, 0.15) is 43.7 Å². The lowest BCUT2D eigenvalue weighted by Crippen LogP contribution is -2.19. The van der Waals surface area contributed by atoms with Crippen LogP contribution in [0.3, 0.4) is 0 Å². The summed E-state index contributed by atoms with van der Waals surface area (Å²) in [6, 6.07) is 16.9. The molecule has 0 spiro atoms. The van der Waals surface area contributed by atoms with Gasteiger partial charge in [0.25, 0.3) is 0 Å². The first-order valence-corrected chi connectivity index (χ1v) is 10.3. The lowest BCUT2D eigenvalue weighted by atomic mass is 9.87. The first-order chi connectivity index (χ1) is 14.8. The molecule has 2 amide bonds. The number of hydrogen-bond acceptors (Lipinski definition) is 4. The zero-order chi connectivity index (χ0) is 20.3. The van der Waals surface area contributed by atoms with Gasteiger partial charge in [0, 0.05) is 23.4 Å². The number of amides is 2. The van der Waals surface area contributed by atoms with Crippen LogP contribution in [0.4, 0.5) is 16.3 Å². The van der Waals surface area contributed by atoms with Crippen molar-refractivity contribution in [3.63, 3.8) is 0 Å². The lowest BCUT2D eigenvalue weighted by molar-refractivity contribution is 0.262. The Morgan fingerprint density at radius 1 is 1.00 bits per heavy atom. The molecule has 1 aliphatic rings. The summed E-state index contributed by atoms with van der Waals surface area (Å²) in [5.74, 6) is 1.06. The Hall–Kier alpha value is -3.68. The summed E-state index contributed by atoms with van der Waals surface area (Å²) in [6.45, 7) is 0. The van der Waals surface area contributed by atoms with Gasteiger partial charge >= 0.3 is 6.03 Å². The molecule has 4 aromatic rings. The topological polar surface area (TPSA) is 101 Å². The van der Waals surface area contributed by atoms with E-state index in [1.165, 1.54) is 32.1 Å². The molecular formula is C22H23N7O. The van der Waals surface area contributed by atoms with Gasteiger partial charge < -0.3 is 5.32 Å². The molecule has 2 aromatic heterocycles. The Labute approximate surface area is 173 Å². The van der Waals surface area contributed by atoms with E-state index in [0.29, 0.717) is 17.4 Å². The van der Waals surface area contributed by atoms with Crippen molar-refractivity contribution in [2.45, 2.75) is 38.0 Å². The summed E-state index contributed by atoms with van der Waals surface area (Å²) in [5.41, 5.74) is 4.44. The maximum atomic E-state index is 12.4. The molecule has 30 heavy (non-hydrogen) atoms. The van der Waals surface area contributed by atoms with E-state index in [2.05, 4.69) is 31.1 Å². The predicted molar refractivity (Wildman–Crippen MR) is 116 cm³/mol. The van der Waals surface area contributed by atoms with Crippen molar-refractivity contribution in [3.8, 4) is 5.69 Å². The molecular weight excluding hydrogens is 378 g/mol. The van der Waals surface area contributed by atoms with Crippen molar-refractivity contribution in [2.75, 3.05) is 10.6 Å². The van der Waals surface area contributed by atoms with Crippen LogP contribution < -0.4 is 10.6 Å². The van der Waals surface area contributed by atoms with Gasteiger partial charge in [-0.25, -0.2) is 9.48 Å². The summed E-state index contributed by atoms with van der Waals surface area (Å²) in [4.78, 5) is 12.4. The van der Waals surface area contributed by atoms with Crippen LogP contribution in [-0.2, 0) is 0 Å². The standard InChI is InChI=1S/C22H23N7O/c30-22(24-21-14-19(25-27-21)15-6-2-1-3-7-15)23-16-10-12-17(13-11-16)29-20-9-5-4-8-18(20)26-28-29/h4-5,8-15H,1-3,6-7H2,(H3,23,24,25,27,30). The lowest BCUT2D eigenvalue weighted by Gasteiger charge is -2.19. The number of rotatable bonds is 4. The van der Waals surface area contributed by atoms with Gasteiger partial charge in [-0.1, -0.05) is 36.6 Å². The molecule has 0 aliphatic heterocycles. The summed E-state index contributed by atoms with van der Waals surface area (Å²) in [6.07, 6.45) is 6.19. The fourth-order valence-corrected chi connectivity index (χ4v) is 4.05. The van der Waals surface area contributed by atoms with E-state index in [-0.39, 0.29) is 6.03 Å². The monoisotopic (exact) mass is 401 g/mol. The number of H-pyrrole nitrogens is 1. The number of aromatic amines is 1. The molecule has 8 nitrogen and oxygen atoms in total. The Morgan fingerprint density at radius 2 is 1.80 bits per heavy atom. The molecule has 0 atom stereocenters. The van der Waals surface area contributed by atoms with Crippen LogP contribution in [0.15, 0.2) is 54.6 Å². The summed E-state index contributed by atoms with van der Waals surface area (Å²) >= 11 is 0. The number of fused-ring (bicyclic) bond motifs is 1. The average molecular weight is 401 g/mol. The van der Waals surface area contributed by atoms with Crippen LogP contribution in [0, 0.1) is 0 Å². The molecule has 0 bridgehead atoms. The number of hydrogen-bond donors (Lipinski definition) is 3. The second-order valence-electron chi connectivity index (χ2n) is 7.66. The number of nitrogens with zero attached hydrogens (tertiary/aromatic N) is 4. The molecule has 0 saturated heterocycles. The van der Waals surface area contributed by atoms with Gasteiger partial charge in [-0.15, -0.1) is 5.10 Å². The van der Waals surface area contributed by atoms with Crippen molar-refractivity contribution in [2.24, 2.45) is 0 Å². The third-order valence-corrected chi connectivity index (χ3v) is 5.61. The van der Waals surface area contributed by atoms with Crippen molar-refractivity contribution >= 4 is 28.6 Å². The normalized spacial score (nSPS) is 14.7. The molecule has 2 aromatic carbocycles. The van der Waals surface area contributed by atoms with Gasteiger partial charge in [0.1, 0.15) is 5.52 Å². The molecule has 8 heteroatoms. The minimum Gasteiger partial charge on any atom is -0.308 e. The molecule has 5 rings (SSSR count). The van der Waals surface area contributed by atoms with Crippen LogP contribution >= 0.6 is 0 Å². The molecule has 1 aliphatic carbocycles. The third-order valence-electron chi connectivity index (χ3n) is 5.61. The van der Waals surface area contributed by atoms with E-state index in [4.69, 9.17) is 0 Å². The Kier molecular flexibility index (Phi) is 4.88. The number of urea groups is 1. The predicted octanol–water partition coefficient (Wildman–Crippen LogP) is 4.84. The summed E-state index contributed by atoms with van der Waals surface area (Å²) < 4.78 is 1.77. The largest absolute Gasteiger partial charge is 0.324 e. The molecule has 0 unspecified atom stereocenters. The van der Waals surface area contributed by atoms with Crippen molar-refractivity contribution < 1.29 is 4.79 Å². The Balaban J connectivity index is 1.23. The fraction of sp³-hybridized carbons (Fsp3) is 0.273. The highest BCUT2D eigenvalue weighted by Crippen LogP contribution is 2.32. The van der Waals surface area contributed by atoms with Crippen molar-refractivity contribution in [1.82, 2.24) is 25.2 Å². The zero-order valence-electron chi connectivity index (χ0n) is 16.5. The Morgan fingerprint density at radius 3 is 2.63 bits per heavy atom. The Bertz CT molecular complexity index is 1160. The number of para-hydroxylation sites is 1. The van der Waals surface area contributed by atoms with Crippen LogP contribution in [0.25, 0.3) is 16.7 Å². The second-order valence-corrected chi connectivity index (χ2v) is 7.66. The molecule has 2 heterocycles. The first kappa shape index (κ1) is 18.4. The number of carbonyl (C=O) groups excluding carboxylic acids is 1. The molecule has 3 N–H and O–H groups in total. The minimum absolute atomic E-state index is 0.323. The van der Waals surface area contributed by atoms with Crippen LogP contribution in [0.2, 0.25) is 0 Å². The minimum atomic E-state index is -0.323. The van der Waals surface area contributed by atoms with E-state index in [1.54, 1.807) is 4.68 Å². The van der Waals surface area contributed by atoms with E-state index >= 15 is 0 Å². The highest BCUT2D eigenvalue weighted by Gasteiger charge is 2.18.